The molecule has 4 aromatic rings. The van der Waals surface area contributed by atoms with Gasteiger partial charge in [-0.05, 0) is 48.4 Å². The van der Waals surface area contributed by atoms with Crippen molar-refractivity contribution in [3.63, 3.8) is 0 Å². The van der Waals surface area contributed by atoms with Gasteiger partial charge in [-0.25, -0.2) is 9.07 Å². The summed E-state index contributed by atoms with van der Waals surface area (Å²) in [6, 6.07) is 20.0. The van der Waals surface area contributed by atoms with Crippen molar-refractivity contribution in [2.75, 3.05) is 5.32 Å². The number of fused-ring (bicyclic) bond motifs is 3. The Morgan fingerprint density at radius 1 is 1.00 bits per heavy atom. The third kappa shape index (κ3) is 2.99. The van der Waals surface area contributed by atoms with Gasteiger partial charge >= 0.3 is 0 Å². The van der Waals surface area contributed by atoms with Gasteiger partial charge in [0.25, 0.3) is 0 Å². The third-order valence-electron chi connectivity index (χ3n) is 5.94. The van der Waals surface area contributed by atoms with Crippen LogP contribution in [0.1, 0.15) is 34.4 Å². The topological polar surface area (TPSA) is 52.0 Å². The molecule has 0 saturated carbocycles. The van der Waals surface area contributed by atoms with Gasteiger partial charge in [-0.2, -0.15) is 10.1 Å². The number of hydrogen-bond acceptors (Lipinski definition) is 4. The van der Waals surface area contributed by atoms with E-state index >= 15 is 0 Å². The third-order valence-corrected chi connectivity index (χ3v) is 6.18. The monoisotopic (exact) mass is 444 g/mol. The highest BCUT2D eigenvalue weighted by molar-refractivity contribution is 6.30. The van der Waals surface area contributed by atoms with E-state index in [0.29, 0.717) is 11.0 Å². The maximum atomic E-state index is 13.7. The van der Waals surface area contributed by atoms with Gasteiger partial charge in [-0.1, -0.05) is 53.6 Å². The normalized spacial score (nSPS) is 18.8. The number of ether oxygens (including phenoxy) is 1. The minimum Gasteiger partial charge on any atom is -0.480 e. The zero-order valence-corrected chi connectivity index (χ0v) is 17.8. The summed E-state index contributed by atoms with van der Waals surface area (Å²) in [5.74, 6) is 1.05. The molecule has 0 aliphatic carbocycles. The zero-order valence-electron chi connectivity index (χ0n) is 17.1. The van der Waals surface area contributed by atoms with E-state index in [1.165, 1.54) is 24.0 Å². The highest BCUT2D eigenvalue weighted by Crippen LogP contribution is 2.51. The fourth-order valence-electron chi connectivity index (χ4n) is 4.42. The fourth-order valence-corrected chi connectivity index (χ4v) is 4.60. The Kier molecular flexibility index (Phi) is 4.30. The van der Waals surface area contributed by atoms with Crippen molar-refractivity contribution in [1.29, 1.82) is 0 Å². The van der Waals surface area contributed by atoms with Gasteiger partial charge in [-0.15, -0.1) is 0 Å². The summed E-state index contributed by atoms with van der Waals surface area (Å²) < 4.78 is 22.1. The molecule has 6 rings (SSSR count). The van der Waals surface area contributed by atoms with E-state index in [2.05, 4.69) is 46.6 Å². The van der Waals surface area contributed by atoms with E-state index in [4.69, 9.17) is 16.3 Å². The molecule has 0 amide bonds. The molecule has 32 heavy (non-hydrogen) atoms. The molecular formula is C25H18ClFN4O. The van der Waals surface area contributed by atoms with E-state index in [9.17, 15) is 4.39 Å². The lowest BCUT2D eigenvalue weighted by atomic mass is 9.84. The molecule has 7 heteroatoms. The largest absolute Gasteiger partial charge is 0.480 e. The average molecular weight is 445 g/mol. The number of halogens is 2. The van der Waals surface area contributed by atoms with Crippen molar-refractivity contribution in [3.05, 3.63) is 112 Å². The SMILES string of the molecule is Cc1ccc([C@@H]2Oc3ccc(Cl)cc3C3=C2[C@H](c2ccc(F)cc2)n2ncnc2N3)cc1. The first kappa shape index (κ1) is 19.1. The van der Waals surface area contributed by atoms with Crippen molar-refractivity contribution in [2.45, 2.75) is 19.1 Å². The molecule has 0 saturated heterocycles. The standard InChI is InChI=1S/C25H18ClFN4O/c1-14-2-4-16(5-3-14)24-21-22(19-12-17(26)8-11-20(19)32-24)30-25-28-13-29-31(25)23(21)15-6-9-18(27)10-7-15/h2-13,23-24H,1H3,(H,28,29,30)/t23-,24-/m0/s1. The summed E-state index contributed by atoms with van der Waals surface area (Å²) >= 11 is 6.35. The fraction of sp³-hybridized carbons (Fsp3) is 0.120. The molecule has 3 aromatic carbocycles. The Balaban J connectivity index is 1.63. The quantitative estimate of drug-likeness (QED) is 0.415. The predicted octanol–water partition coefficient (Wildman–Crippen LogP) is 5.94. The van der Waals surface area contributed by atoms with Crippen LogP contribution >= 0.6 is 11.6 Å². The molecule has 1 aromatic heterocycles. The number of nitrogens with zero attached hydrogens (tertiary/aromatic N) is 3. The molecule has 0 unspecified atom stereocenters. The molecule has 1 N–H and O–H groups in total. The number of hydrogen-bond donors (Lipinski definition) is 1. The van der Waals surface area contributed by atoms with Gasteiger partial charge in [0.2, 0.25) is 5.95 Å². The van der Waals surface area contributed by atoms with Crippen LogP contribution < -0.4 is 10.1 Å². The lowest BCUT2D eigenvalue weighted by Crippen LogP contribution is -2.32. The number of anilines is 1. The van der Waals surface area contributed by atoms with Crippen LogP contribution in [0, 0.1) is 12.7 Å². The summed E-state index contributed by atoms with van der Waals surface area (Å²) in [7, 11) is 0. The van der Waals surface area contributed by atoms with Crippen LogP contribution in [0.15, 0.2) is 78.6 Å². The molecule has 2 aliphatic rings. The Bertz CT molecular complexity index is 1360. The van der Waals surface area contributed by atoms with Gasteiger partial charge in [0, 0.05) is 16.2 Å². The lowest BCUT2D eigenvalue weighted by molar-refractivity contribution is 0.223. The number of benzene rings is 3. The van der Waals surface area contributed by atoms with Gasteiger partial charge < -0.3 is 10.1 Å². The van der Waals surface area contributed by atoms with Crippen LogP contribution in [-0.4, -0.2) is 14.8 Å². The molecule has 0 radical (unpaired) electrons. The number of aryl methyl sites for hydroxylation is 1. The van der Waals surface area contributed by atoms with Crippen LogP contribution in [0.5, 0.6) is 5.75 Å². The second-order valence-corrected chi connectivity index (χ2v) is 8.42. The van der Waals surface area contributed by atoms with Crippen LogP contribution in [0.2, 0.25) is 5.02 Å². The van der Waals surface area contributed by atoms with Gasteiger partial charge in [0.05, 0.1) is 5.70 Å². The van der Waals surface area contributed by atoms with Gasteiger partial charge in [0.1, 0.15) is 30.0 Å². The first-order valence-electron chi connectivity index (χ1n) is 10.3. The van der Waals surface area contributed by atoms with E-state index in [0.717, 1.165) is 33.7 Å². The summed E-state index contributed by atoms with van der Waals surface area (Å²) in [6.07, 6.45) is 1.14. The van der Waals surface area contributed by atoms with Crippen molar-refractivity contribution in [2.24, 2.45) is 0 Å². The summed E-state index contributed by atoms with van der Waals surface area (Å²) in [5.41, 5.74) is 5.78. The number of nitrogens with one attached hydrogen (secondary N) is 1. The molecule has 5 nitrogen and oxygen atoms in total. The molecule has 3 heterocycles. The Morgan fingerprint density at radius 2 is 1.75 bits per heavy atom. The predicted molar refractivity (Wildman–Crippen MR) is 121 cm³/mol. The van der Waals surface area contributed by atoms with E-state index in [1.54, 1.807) is 12.1 Å². The van der Waals surface area contributed by atoms with Crippen molar-refractivity contribution in [3.8, 4) is 5.75 Å². The van der Waals surface area contributed by atoms with Crippen LogP contribution in [0.25, 0.3) is 5.70 Å². The highest BCUT2D eigenvalue weighted by Gasteiger charge is 2.41. The highest BCUT2D eigenvalue weighted by atomic mass is 35.5. The average Bonchev–Trinajstić information content (AvgIpc) is 3.27. The molecule has 158 valence electrons. The smallest absolute Gasteiger partial charge is 0.226 e. The Morgan fingerprint density at radius 3 is 2.53 bits per heavy atom. The second-order valence-electron chi connectivity index (χ2n) is 7.99. The van der Waals surface area contributed by atoms with Gasteiger partial charge in [0.15, 0.2) is 0 Å². The number of rotatable bonds is 2. The molecule has 0 spiro atoms. The number of aromatic nitrogens is 3. The molecular weight excluding hydrogens is 427 g/mol. The van der Waals surface area contributed by atoms with Crippen molar-refractivity contribution < 1.29 is 9.13 Å². The zero-order chi connectivity index (χ0) is 21.8. The van der Waals surface area contributed by atoms with E-state index < -0.39 is 0 Å². The van der Waals surface area contributed by atoms with Crippen molar-refractivity contribution >= 4 is 23.2 Å². The van der Waals surface area contributed by atoms with E-state index in [1.807, 2.05) is 22.9 Å². The summed E-state index contributed by atoms with van der Waals surface area (Å²) in [6.45, 7) is 2.05. The minimum absolute atomic E-state index is 0.289. The molecule has 0 bridgehead atoms. The second kappa shape index (κ2) is 7.21. The van der Waals surface area contributed by atoms with Crippen molar-refractivity contribution in [1.82, 2.24) is 14.8 Å². The summed E-state index contributed by atoms with van der Waals surface area (Å²) in [5, 5.41) is 8.53. The molecule has 2 atom stereocenters. The van der Waals surface area contributed by atoms with Gasteiger partial charge in [-0.3, -0.25) is 0 Å². The van der Waals surface area contributed by atoms with E-state index in [-0.39, 0.29) is 18.0 Å². The minimum atomic E-state index is -0.376. The lowest BCUT2D eigenvalue weighted by Gasteiger charge is -2.39. The van der Waals surface area contributed by atoms with Crippen LogP contribution in [0.4, 0.5) is 10.3 Å². The maximum absolute atomic E-state index is 13.7. The maximum Gasteiger partial charge on any atom is 0.226 e. The molecule has 0 fully saturated rings. The van der Waals surface area contributed by atoms with Crippen LogP contribution in [0.3, 0.4) is 0 Å². The Hall–Kier alpha value is -3.64. The first-order chi connectivity index (χ1) is 15.6. The van der Waals surface area contributed by atoms with Crippen LogP contribution in [-0.2, 0) is 0 Å². The summed E-state index contributed by atoms with van der Waals surface area (Å²) in [4.78, 5) is 4.40. The Labute approximate surface area is 189 Å². The molecule has 2 aliphatic heterocycles. The first-order valence-corrected chi connectivity index (χ1v) is 10.7.